The minimum absolute atomic E-state index is 0.341. The summed E-state index contributed by atoms with van der Waals surface area (Å²) in [4.78, 5) is 0.902. The van der Waals surface area contributed by atoms with E-state index >= 15 is 0 Å². The molecule has 0 radical (unpaired) electrons. The third kappa shape index (κ3) is 3.66. The van der Waals surface area contributed by atoms with Crippen molar-refractivity contribution in [2.45, 2.75) is 30.5 Å². The Labute approximate surface area is 135 Å². The second-order valence-electron chi connectivity index (χ2n) is 5.06. The first-order chi connectivity index (χ1) is 9.84. The molecule has 0 saturated carbocycles. The molecule has 114 valence electrons. The summed E-state index contributed by atoms with van der Waals surface area (Å²) >= 11 is 7.07. The molecule has 0 bridgehead atoms. The third-order valence-electron chi connectivity index (χ3n) is 3.27. The molecule has 0 amide bonds. The molecular formula is C15H18ClNO2S2. The van der Waals surface area contributed by atoms with Gasteiger partial charge in [-0.15, -0.1) is 22.9 Å². The summed E-state index contributed by atoms with van der Waals surface area (Å²) in [5.41, 5.74) is 3.03. The Hall–Kier alpha value is -0.880. The molecule has 3 nitrogen and oxygen atoms in total. The molecule has 6 heteroatoms. The first-order valence-electron chi connectivity index (χ1n) is 6.51. The van der Waals surface area contributed by atoms with Gasteiger partial charge in [-0.1, -0.05) is 29.8 Å². The molecular weight excluding hydrogens is 326 g/mol. The van der Waals surface area contributed by atoms with Gasteiger partial charge in [0, 0.05) is 18.5 Å². The zero-order valence-corrected chi connectivity index (χ0v) is 14.6. The highest BCUT2D eigenvalue weighted by Crippen LogP contribution is 2.29. The average molecular weight is 344 g/mol. The molecule has 0 N–H and O–H groups in total. The van der Waals surface area contributed by atoms with Crippen LogP contribution >= 0.6 is 22.9 Å². The van der Waals surface area contributed by atoms with Crippen molar-refractivity contribution in [3.8, 4) is 0 Å². The van der Waals surface area contributed by atoms with Gasteiger partial charge in [0.25, 0.3) is 10.0 Å². The minimum atomic E-state index is -3.47. The number of alkyl halides is 1. The first-order valence-corrected chi connectivity index (χ1v) is 9.31. The Bertz CT molecular complexity index is 738. The van der Waals surface area contributed by atoms with Crippen molar-refractivity contribution in [1.29, 1.82) is 0 Å². The number of thiophene rings is 1. The van der Waals surface area contributed by atoms with Crippen LogP contribution < -0.4 is 0 Å². The van der Waals surface area contributed by atoms with E-state index in [4.69, 9.17) is 11.6 Å². The van der Waals surface area contributed by atoms with Crippen LogP contribution in [0.25, 0.3) is 0 Å². The molecule has 0 unspecified atom stereocenters. The topological polar surface area (TPSA) is 37.4 Å². The van der Waals surface area contributed by atoms with Crippen LogP contribution in [-0.4, -0.2) is 19.8 Å². The largest absolute Gasteiger partial charge is 0.252 e. The number of aryl methyl sites for hydroxylation is 2. The monoisotopic (exact) mass is 343 g/mol. The van der Waals surface area contributed by atoms with Crippen LogP contribution in [0.15, 0.2) is 34.5 Å². The first kappa shape index (κ1) is 16.5. The molecule has 2 rings (SSSR count). The maximum absolute atomic E-state index is 12.6. The van der Waals surface area contributed by atoms with E-state index in [2.05, 4.69) is 0 Å². The van der Waals surface area contributed by atoms with Gasteiger partial charge < -0.3 is 0 Å². The van der Waals surface area contributed by atoms with Gasteiger partial charge in [-0.2, -0.15) is 4.31 Å². The Kier molecular flexibility index (Phi) is 5.09. The number of benzene rings is 1. The number of halogens is 1. The van der Waals surface area contributed by atoms with Gasteiger partial charge in [0.05, 0.1) is 5.88 Å². The van der Waals surface area contributed by atoms with Crippen molar-refractivity contribution >= 4 is 33.0 Å². The summed E-state index contributed by atoms with van der Waals surface area (Å²) in [6.45, 7) is 4.23. The Morgan fingerprint density at radius 2 is 1.95 bits per heavy atom. The number of hydrogen-bond donors (Lipinski definition) is 0. The summed E-state index contributed by atoms with van der Waals surface area (Å²) < 4.78 is 26.9. The summed E-state index contributed by atoms with van der Waals surface area (Å²) in [7, 11) is -1.86. The van der Waals surface area contributed by atoms with E-state index in [1.165, 1.54) is 15.6 Å². The van der Waals surface area contributed by atoms with Crippen LogP contribution in [0.2, 0.25) is 0 Å². The van der Waals surface area contributed by atoms with Crippen LogP contribution in [-0.2, 0) is 22.4 Å². The lowest BCUT2D eigenvalue weighted by molar-refractivity contribution is 0.468. The summed E-state index contributed by atoms with van der Waals surface area (Å²) in [5.74, 6) is 0.341. The van der Waals surface area contributed by atoms with Crippen molar-refractivity contribution in [2.75, 3.05) is 7.05 Å². The molecule has 0 saturated heterocycles. The van der Waals surface area contributed by atoms with E-state index in [-0.39, 0.29) is 0 Å². The van der Waals surface area contributed by atoms with Gasteiger partial charge in [0.1, 0.15) is 4.21 Å². The molecule has 0 aliphatic rings. The quantitative estimate of drug-likeness (QED) is 0.771. The third-order valence-corrected chi connectivity index (χ3v) is 7.19. The smallest absolute Gasteiger partial charge is 0.206 e. The fourth-order valence-electron chi connectivity index (χ4n) is 2.05. The molecule has 0 atom stereocenters. The second-order valence-corrected chi connectivity index (χ2v) is 8.73. The van der Waals surface area contributed by atoms with E-state index in [1.54, 1.807) is 13.1 Å². The van der Waals surface area contributed by atoms with Crippen molar-refractivity contribution in [2.24, 2.45) is 0 Å². The summed E-state index contributed by atoms with van der Waals surface area (Å²) in [5, 5.41) is 0. The number of sulfonamides is 1. The van der Waals surface area contributed by atoms with E-state index in [1.807, 2.05) is 38.1 Å². The highest BCUT2D eigenvalue weighted by Gasteiger charge is 2.24. The Morgan fingerprint density at radius 1 is 1.24 bits per heavy atom. The lowest BCUT2D eigenvalue weighted by Gasteiger charge is -2.16. The van der Waals surface area contributed by atoms with Crippen LogP contribution in [0, 0.1) is 13.8 Å². The molecule has 1 aromatic heterocycles. The van der Waals surface area contributed by atoms with Crippen LogP contribution in [0.5, 0.6) is 0 Å². The van der Waals surface area contributed by atoms with Crippen molar-refractivity contribution in [1.82, 2.24) is 4.31 Å². The molecule has 0 aliphatic heterocycles. The van der Waals surface area contributed by atoms with E-state index < -0.39 is 10.0 Å². The van der Waals surface area contributed by atoms with Gasteiger partial charge in [-0.05, 0) is 31.0 Å². The fraction of sp³-hybridized carbons (Fsp3) is 0.333. The number of nitrogens with zero attached hydrogens (tertiary/aromatic N) is 1. The van der Waals surface area contributed by atoms with Crippen LogP contribution in [0.4, 0.5) is 0 Å². The van der Waals surface area contributed by atoms with E-state index in [9.17, 15) is 8.42 Å². The SMILES string of the molecule is Cc1cccc(CN(C)S(=O)(=O)c2cc(C)c(CCl)s2)c1. The van der Waals surface area contributed by atoms with E-state index in [0.717, 1.165) is 21.6 Å². The van der Waals surface area contributed by atoms with Crippen molar-refractivity contribution in [3.63, 3.8) is 0 Å². The van der Waals surface area contributed by atoms with Gasteiger partial charge >= 0.3 is 0 Å². The van der Waals surface area contributed by atoms with Crippen molar-refractivity contribution in [3.05, 3.63) is 51.9 Å². The molecule has 0 fully saturated rings. The Morgan fingerprint density at radius 3 is 2.52 bits per heavy atom. The fourth-order valence-corrected chi connectivity index (χ4v) is 5.24. The molecule has 1 aromatic carbocycles. The van der Waals surface area contributed by atoms with Crippen LogP contribution in [0.1, 0.15) is 21.6 Å². The normalized spacial score (nSPS) is 12.0. The average Bonchev–Trinajstić information content (AvgIpc) is 2.80. The van der Waals surface area contributed by atoms with Crippen LogP contribution in [0.3, 0.4) is 0 Å². The molecule has 0 spiro atoms. The van der Waals surface area contributed by atoms with Gasteiger partial charge in [0.2, 0.25) is 0 Å². The zero-order valence-electron chi connectivity index (χ0n) is 12.3. The van der Waals surface area contributed by atoms with Crippen molar-refractivity contribution < 1.29 is 8.42 Å². The second kappa shape index (κ2) is 6.48. The van der Waals surface area contributed by atoms with E-state index in [0.29, 0.717) is 16.6 Å². The maximum Gasteiger partial charge on any atom is 0.252 e. The predicted molar refractivity (Wildman–Crippen MR) is 88.4 cm³/mol. The Balaban J connectivity index is 2.26. The highest BCUT2D eigenvalue weighted by molar-refractivity contribution is 7.91. The van der Waals surface area contributed by atoms with Gasteiger partial charge in [-0.3, -0.25) is 0 Å². The standard InChI is InChI=1S/C15H18ClNO2S2/c1-11-5-4-6-13(7-11)10-17(3)21(18,19)15-8-12(2)14(9-16)20-15/h4-8H,9-10H2,1-3H3. The molecule has 0 aliphatic carbocycles. The molecule has 21 heavy (non-hydrogen) atoms. The number of rotatable bonds is 5. The maximum atomic E-state index is 12.6. The molecule has 2 aromatic rings. The number of hydrogen-bond acceptors (Lipinski definition) is 3. The highest BCUT2D eigenvalue weighted by atomic mass is 35.5. The molecule has 1 heterocycles. The lowest BCUT2D eigenvalue weighted by Crippen LogP contribution is -2.25. The lowest BCUT2D eigenvalue weighted by atomic mass is 10.1. The minimum Gasteiger partial charge on any atom is -0.206 e. The zero-order chi connectivity index (χ0) is 15.6. The van der Waals surface area contributed by atoms with Gasteiger partial charge in [0.15, 0.2) is 0 Å². The van der Waals surface area contributed by atoms with Gasteiger partial charge in [-0.25, -0.2) is 8.42 Å². The predicted octanol–water partition coefficient (Wildman–Crippen LogP) is 3.92. The summed E-state index contributed by atoms with van der Waals surface area (Å²) in [6, 6.07) is 9.56. The summed E-state index contributed by atoms with van der Waals surface area (Å²) in [6.07, 6.45) is 0.